The van der Waals surface area contributed by atoms with E-state index in [1.807, 2.05) is 61.0 Å². The first-order valence-electron chi connectivity index (χ1n) is 12.6. The first kappa shape index (κ1) is 24.2. The number of hydrogen-bond acceptors (Lipinski definition) is 4. The summed E-state index contributed by atoms with van der Waals surface area (Å²) in [6, 6.07) is 14.5. The standard InChI is InChI=1S/C30H32FN3O2/c1-20(34-29(35)23-9-11-24(12-10-23)30(36-2)16-3-4-17-33-30)21-5-7-22(8-6-21)26-15-18-32-28-14-13-25(31)19-27(26)28/h3-4,9-22,33H,5-8H2,1-2H3,(H,34,35)/t20-,21?,22?,30?/m1/s1. The molecule has 1 unspecified atom stereocenters. The van der Waals surface area contributed by atoms with Crippen LogP contribution in [0.1, 0.15) is 60.0 Å². The highest BCUT2D eigenvalue weighted by atomic mass is 19.1. The van der Waals surface area contributed by atoms with Crippen LogP contribution in [0.3, 0.4) is 0 Å². The Morgan fingerprint density at radius 2 is 1.89 bits per heavy atom. The number of nitrogens with one attached hydrogen (secondary N) is 2. The Labute approximate surface area is 211 Å². The van der Waals surface area contributed by atoms with E-state index < -0.39 is 5.72 Å². The van der Waals surface area contributed by atoms with E-state index in [-0.39, 0.29) is 17.8 Å². The predicted octanol–water partition coefficient (Wildman–Crippen LogP) is 5.94. The highest BCUT2D eigenvalue weighted by Crippen LogP contribution is 2.39. The van der Waals surface area contributed by atoms with Gasteiger partial charge in [-0.25, -0.2) is 4.39 Å². The second-order valence-electron chi connectivity index (χ2n) is 9.82. The minimum Gasteiger partial charge on any atom is -0.357 e. The highest BCUT2D eigenvalue weighted by molar-refractivity contribution is 5.94. The molecule has 2 aromatic carbocycles. The third-order valence-corrected chi connectivity index (χ3v) is 7.75. The topological polar surface area (TPSA) is 63.2 Å². The largest absolute Gasteiger partial charge is 0.357 e. The maximum atomic E-state index is 13.9. The fraction of sp³-hybridized carbons (Fsp3) is 0.333. The zero-order valence-electron chi connectivity index (χ0n) is 20.7. The molecule has 1 aliphatic heterocycles. The van der Waals surface area contributed by atoms with Gasteiger partial charge in [-0.3, -0.25) is 9.78 Å². The number of hydrogen-bond donors (Lipinski definition) is 2. The number of carbonyl (C=O) groups excluding carboxylic acids is 1. The minimum absolute atomic E-state index is 0.0646. The summed E-state index contributed by atoms with van der Waals surface area (Å²) in [5, 5.41) is 7.36. The Kier molecular flexibility index (Phi) is 6.88. The molecule has 2 heterocycles. The van der Waals surface area contributed by atoms with Gasteiger partial charge in [0.1, 0.15) is 5.82 Å². The summed E-state index contributed by atoms with van der Waals surface area (Å²) in [7, 11) is 1.66. The molecule has 0 saturated heterocycles. The lowest BCUT2D eigenvalue weighted by Gasteiger charge is -2.33. The Morgan fingerprint density at radius 1 is 1.11 bits per heavy atom. The lowest BCUT2D eigenvalue weighted by Crippen LogP contribution is -2.41. The summed E-state index contributed by atoms with van der Waals surface area (Å²) in [6.45, 7) is 2.09. The van der Waals surface area contributed by atoms with E-state index in [2.05, 4.69) is 22.5 Å². The maximum Gasteiger partial charge on any atom is 0.251 e. The smallest absolute Gasteiger partial charge is 0.251 e. The average molecular weight is 486 g/mol. The summed E-state index contributed by atoms with van der Waals surface area (Å²) >= 11 is 0. The SMILES string of the molecule is COC1(c2ccc(C(=O)N[C@H](C)C3CCC(c4ccnc5ccc(F)cc45)CC3)cc2)C=CC=CN1. The average Bonchev–Trinajstić information content (AvgIpc) is 2.93. The maximum absolute atomic E-state index is 13.9. The van der Waals surface area contributed by atoms with E-state index >= 15 is 0 Å². The van der Waals surface area contributed by atoms with Crippen LogP contribution in [0.4, 0.5) is 4.39 Å². The van der Waals surface area contributed by atoms with Crippen LogP contribution < -0.4 is 10.6 Å². The van der Waals surface area contributed by atoms with Gasteiger partial charge < -0.3 is 15.4 Å². The quantitative estimate of drug-likeness (QED) is 0.454. The monoisotopic (exact) mass is 485 g/mol. The molecule has 36 heavy (non-hydrogen) atoms. The molecule has 5 nitrogen and oxygen atoms in total. The Morgan fingerprint density at radius 3 is 2.58 bits per heavy atom. The number of rotatable bonds is 6. The van der Waals surface area contributed by atoms with Crippen molar-refractivity contribution in [3.8, 4) is 0 Å². The second-order valence-corrected chi connectivity index (χ2v) is 9.82. The number of nitrogens with zero attached hydrogens (tertiary/aromatic N) is 1. The van der Waals surface area contributed by atoms with Crippen LogP contribution in [0, 0.1) is 11.7 Å². The van der Waals surface area contributed by atoms with E-state index in [9.17, 15) is 9.18 Å². The molecule has 2 aliphatic rings. The van der Waals surface area contributed by atoms with Gasteiger partial charge in [0.2, 0.25) is 0 Å². The normalized spacial score (nSPS) is 24.3. The van der Waals surface area contributed by atoms with Gasteiger partial charge in [-0.05, 0) is 105 Å². The number of dihydropyridines is 1. The molecule has 1 saturated carbocycles. The predicted molar refractivity (Wildman–Crippen MR) is 140 cm³/mol. The molecule has 1 amide bonds. The van der Waals surface area contributed by atoms with E-state index in [0.29, 0.717) is 17.4 Å². The molecule has 0 spiro atoms. The molecule has 1 aliphatic carbocycles. The van der Waals surface area contributed by atoms with Crippen LogP contribution in [-0.4, -0.2) is 24.0 Å². The molecule has 6 heteroatoms. The first-order chi connectivity index (χ1) is 17.5. The van der Waals surface area contributed by atoms with Crippen LogP contribution in [0.15, 0.2) is 79.2 Å². The molecular formula is C30H32FN3O2. The Hall–Kier alpha value is -3.51. The number of carbonyl (C=O) groups is 1. The van der Waals surface area contributed by atoms with Gasteiger partial charge in [0.05, 0.1) is 5.52 Å². The van der Waals surface area contributed by atoms with Gasteiger partial charge in [0.15, 0.2) is 5.72 Å². The van der Waals surface area contributed by atoms with Crippen molar-refractivity contribution >= 4 is 16.8 Å². The summed E-state index contributed by atoms with van der Waals surface area (Å²) in [5.41, 5.74) is 2.86. The van der Waals surface area contributed by atoms with Crippen LogP contribution >= 0.6 is 0 Å². The van der Waals surface area contributed by atoms with Gasteiger partial charge in [0.25, 0.3) is 5.91 Å². The summed E-state index contributed by atoms with van der Waals surface area (Å²) in [4.78, 5) is 17.4. The van der Waals surface area contributed by atoms with Crippen molar-refractivity contribution in [2.45, 2.75) is 50.3 Å². The number of amides is 1. The molecule has 3 aromatic rings. The summed E-state index contributed by atoms with van der Waals surface area (Å²) in [5.74, 6) is 0.504. The zero-order valence-corrected chi connectivity index (χ0v) is 20.7. The number of pyridine rings is 1. The third-order valence-electron chi connectivity index (χ3n) is 7.75. The number of fused-ring (bicyclic) bond motifs is 1. The number of methoxy groups -OCH3 is 1. The lowest BCUT2D eigenvalue weighted by molar-refractivity contribution is 0.00919. The van der Waals surface area contributed by atoms with Crippen molar-refractivity contribution in [3.63, 3.8) is 0 Å². The van der Waals surface area contributed by atoms with Gasteiger partial charge in [-0.1, -0.05) is 18.2 Å². The summed E-state index contributed by atoms with van der Waals surface area (Å²) in [6.07, 6.45) is 13.5. The number of ether oxygens (including phenoxy) is 1. The van der Waals surface area contributed by atoms with E-state index in [0.717, 1.165) is 42.1 Å². The lowest BCUT2D eigenvalue weighted by atomic mass is 9.75. The van der Waals surface area contributed by atoms with Gasteiger partial charge in [-0.15, -0.1) is 0 Å². The molecule has 0 bridgehead atoms. The van der Waals surface area contributed by atoms with E-state index in [1.54, 1.807) is 19.2 Å². The number of halogens is 1. The number of benzene rings is 2. The fourth-order valence-corrected chi connectivity index (χ4v) is 5.59. The zero-order chi connectivity index (χ0) is 25.1. The molecule has 186 valence electrons. The first-order valence-corrected chi connectivity index (χ1v) is 12.6. The van der Waals surface area contributed by atoms with Crippen molar-refractivity contribution in [1.82, 2.24) is 15.6 Å². The minimum atomic E-state index is -0.721. The Bertz CT molecular complexity index is 1300. The van der Waals surface area contributed by atoms with Crippen LogP contribution in [0.5, 0.6) is 0 Å². The van der Waals surface area contributed by atoms with Crippen molar-refractivity contribution in [2.24, 2.45) is 5.92 Å². The van der Waals surface area contributed by atoms with E-state index in [4.69, 9.17) is 4.74 Å². The van der Waals surface area contributed by atoms with Gasteiger partial charge in [0, 0.05) is 35.9 Å². The van der Waals surface area contributed by atoms with E-state index in [1.165, 1.54) is 11.6 Å². The molecule has 2 N–H and O–H groups in total. The number of aromatic nitrogens is 1. The van der Waals surface area contributed by atoms with Crippen molar-refractivity contribution in [3.05, 3.63) is 102 Å². The second kappa shape index (κ2) is 10.2. The van der Waals surface area contributed by atoms with Crippen molar-refractivity contribution in [1.29, 1.82) is 0 Å². The number of allylic oxidation sites excluding steroid dienone is 2. The molecular weight excluding hydrogens is 453 g/mol. The van der Waals surface area contributed by atoms with Gasteiger partial charge in [-0.2, -0.15) is 0 Å². The Balaban J connectivity index is 1.20. The molecule has 1 aromatic heterocycles. The molecule has 2 atom stereocenters. The fourth-order valence-electron chi connectivity index (χ4n) is 5.59. The van der Waals surface area contributed by atoms with Crippen molar-refractivity contribution < 1.29 is 13.9 Å². The molecule has 5 rings (SSSR count). The van der Waals surface area contributed by atoms with Crippen LogP contribution in [0.25, 0.3) is 10.9 Å². The highest BCUT2D eigenvalue weighted by Gasteiger charge is 2.30. The third kappa shape index (κ3) is 4.78. The van der Waals surface area contributed by atoms with Crippen LogP contribution in [-0.2, 0) is 10.5 Å². The molecule has 1 fully saturated rings. The van der Waals surface area contributed by atoms with Crippen LogP contribution in [0.2, 0.25) is 0 Å². The molecule has 0 radical (unpaired) electrons. The summed E-state index contributed by atoms with van der Waals surface area (Å²) < 4.78 is 19.6. The van der Waals surface area contributed by atoms with Crippen molar-refractivity contribution in [2.75, 3.05) is 7.11 Å². The van der Waals surface area contributed by atoms with Gasteiger partial charge >= 0.3 is 0 Å².